The van der Waals surface area contributed by atoms with Crippen molar-refractivity contribution < 1.29 is 18.7 Å². The number of hydrogen-bond donors (Lipinski definition) is 1. The minimum Gasteiger partial charge on any atom is -0.449 e. The van der Waals surface area contributed by atoms with Crippen LogP contribution in [0.1, 0.15) is 19.3 Å². The Bertz CT molecular complexity index is 731. The van der Waals surface area contributed by atoms with Crippen LogP contribution in [0.2, 0.25) is 0 Å². The molecule has 1 saturated heterocycles. The van der Waals surface area contributed by atoms with E-state index in [1.807, 2.05) is 6.08 Å². The zero-order chi connectivity index (χ0) is 20.4. The predicted octanol–water partition coefficient (Wildman–Crippen LogP) is 3.85. The lowest BCUT2D eigenvalue weighted by Gasteiger charge is -2.29. The Balaban J connectivity index is 0.000000336. The first-order valence-electron chi connectivity index (χ1n) is 9.39. The van der Waals surface area contributed by atoms with Crippen LogP contribution in [0.3, 0.4) is 0 Å². The average molecular weight is 386 g/mol. The van der Waals surface area contributed by atoms with Crippen molar-refractivity contribution in [3.05, 3.63) is 72.6 Å². The second kappa shape index (κ2) is 11.1. The van der Waals surface area contributed by atoms with Crippen molar-refractivity contribution in [2.24, 2.45) is 5.92 Å². The average Bonchev–Trinajstić information content (AvgIpc) is 2.72. The lowest BCUT2D eigenvalue weighted by Crippen LogP contribution is -2.39. The van der Waals surface area contributed by atoms with Gasteiger partial charge in [0, 0.05) is 32.0 Å². The summed E-state index contributed by atoms with van der Waals surface area (Å²) in [5.74, 6) is -0.0130. The van der Waals surface area contributed by atoms with E-state index in [1.165, 1.54) is 12.1 Å². The van der Waals surface area contributed by atoms with Crippen molar-refractivity contribution >= 4 is 12.0 Å². The molecule has 6 heteroatoms. The first-order valence-corrected chi connectivity index (χ1v) is 9.39. The number of rotatable bonds is 4. The lowest BCUT2D eigenvalue weighted by molar-refractivity contribution is -0.124. The molecule has 1 unspecified atom stereocenters. The molecule has 0 bridgehead atoms. The quantitative estimate of drug-likeness (QED) is 0.855. The Kier molecular flexibility index (Phi) is 8.46. The van der Waals surface area contributed by atoms with Crippen LogP contribution in [0.4, 0.5) is 9.18 Å². The van der Waals surface area contributed by atoms with Crippen LogP contribution < -0.4 is 5.32 Å². The van der Waals surface area contributed by atoms with Crippen LogP contribution in [0.25, 0.3) is 0 Å². The number of hydrogen-bond acceptors (Lipinski definition) is 3. The van der Waals surface area contributed by atoms with Crippen LogP contribution in [-0.2, 0) is 9.53 Å². The molecule has 150 valence electrons. The zero-order valence-electron chi connectivity index (χ0n) is 16.0. The van der Waals surface area contributed by atoms with E-state index in [2.05, 4.69) is 18.5 Å². The second-order valence-electron chi connectivity index (χ2n) is 6.71. The van der Waals surface area contributed by atoms with Crippen molar-refractivity contribution in [1.29, 1.82) is 0 Å². The minimum atomic E-state index is -0.316. The largest absolute Gasteiger partial charge is 0.449 e. The van der Waals surface area contributed by atoms with Gasteiger partial charge in [-0.25, -0.2) is 9.18 Å². The highest BCUT2D eigenvalue weighted by Gasteiger charge is 2.24. The highest BCUT2D eigenvalue weighted by molar-refractivity contribution is 5.77. The molecule has 28 heavy (non-hydrogen) atoms. The summed E-state index contributed by atoms with van der Waals surface area (Å²) in [5, 5.41) is 2.77. The Morgan fingerprint density at radius 2 is 1.96 bits per heavy atom. The van der Waals surface area contributed by atoms with Gasteiger partial charge in [-0.15, -0.1) is 0 Å². The third-order valence-corrected chi connectivity index (χ3v) is 4.70. The van der Waals surface area contributed by atoms with Gasteiger partial charge in [-0.3, -0.25) is 4.79 Å². The van der Waals surface area contributed by atoms with E-state index in [-0.39, 0.29) is 23.7 Å². The Morgan fingerprint density at radius 3 is 2.54 bits per heavy atom. The smallest absolute Gasteiger partial charge is 0.410 e. The lowest BCUT2D eigenvalue weighted by atomic mass is 9.99. The minimum absolute atomic E-state index is 0.0350. The number of carbonyl (C=O) groups is 2. The fourth-order valence-corrected chi connectivity index (χ4v) is 3.08. The fourth-order valence-electron chi connectivity index (χ4n) is 3.08. The van der Waals surface area contributed by atoms with Crippen molar-refractivity contribution in [2.75, 3.05) is 26.2 Å². The highest BCUT2D eigenvalue weighted by atomic mass is 19.1. The van der Waals surface area contributed by atoms with Gasteiger partial charge in [0.15, 0.2) is 0 Å². The van der Waals surface area contributed by atoms with E-state index in [0.717, 1.165) is 24.0 Å². The Morgan fingerprint density at radius 1 is 1.25 bits per heavy atom. The summed E-state index contributed by atoms with van der Waals surface area (Å²) in [4.78, 5) is 25.1. The molecule has 1 N–H and O–H groups in total. The molecule has 0 aliphatic carbocycles. The number of allylic oxidation sites excluding steroid dienone is 1. The van der Waals surface area contributed by atoms with Crippen LogP contribution in [0.5, 0.6) is 0 Å². The molecule has 2 heterocycles. The molecule has 1 aromatic carbocycles. The van der Waals surface area contributed by atoms with E-state index < -0.39 is 0 Å². The molecule has 1 aromatic rings. The van der Waals surface area contributed by atoms with Gasteiger partial charge in [0.1, 0.15) is 5.82 Å². The first-order chi connectivity index (χ1) is 13.5. The summed E-state index contributed by atoms with van der Waals surface area (Å²) in [7, 11) is 0. The van der Waals surface area contributed by atoms with E-state index >= 15 is 0 Å². The number of carbonyl (C=O) groups excluding carboxylic acids is 2. The summed E-state index contributed by atoms with van der Waals surface area (Å²) >= 11 is 0. The van der Waals surface area contributed by atoms with Crippen LogP contribution in [0.15, 0.2) is 66.8 Å². The van der Waals surface area contributed by atoms with E-state index in [1.54, 1.807) is 29.2 Å². The first kappa shape index (κ1) is 21.4. The monoisotopic (exact) mass is 386 g/mol. The van der Waals surface area contributed by atoms with Crippen molar-refractivity contribution in [3.8, 4) is 0 Å². The number of ether oxygens (including phenoxy) is 1. The third kappa shape index (κ3) is 6.68. The van der Waals surface area contributed by atoms with Crippen LogP contribution >= 0.6 is 0 Å². The molecule has 0 saturated carbocycles. The van der Waals surface area contributed by atoms with Gasteiger partial charge >= 0.3 is 6.09 Å². The number of nitrogens with zero attached hydrogens (tertiary/aromatic N) is 1. The number of halogens is 1. The van der Waals surface area contributed by atoms with Gasteiger partial charge in [0.25, 0.3) is 0 Å². The second-order valence-corrected chi connectivity index (χ2v) is 6.71. The molecule has 2 aliphatic rings. The number of benzene rings is 1. The van der Waals surface area contributed by atoms with Crippen LogP contribution in [-0.4, -0.2) is 43.1 Å². The molecule has 3 rings (SSSR count). The Hall–Kier alpha value is -2.89. The summed E-state index contributed by atoms with van der Waals surface area (Å²) in [5.41, 5.74) is 2.16. The van der Waals surface area contributed by atoms with Crippen LogP contribution in [0, 0.1) is 11.7 Å². The molecular formula is C22H27FN2O3. The fraction of sp³-hybridized carbons (Fsp3) is 0.364. The third-order valence-electron chi connectivity index (χ3n) is 4.70. The normalized spacial score (nSPS) is 19.1. The van der Waals surface area contributed by atoms with E-state index in [9.17, 15) is 14.0 Å². The summed E-state index contributed by atoms with van der Waals surface area (Å²) in [6.45, 7) is 9.66. The topological polar surface area (TPSA) is 58.6 Å². The molecule has 1 fully saturated rings. The van der Waals surface area contributed by atoms with Gasteiger partial charge in [0.2, 0.25) is 5.91 Å². The SMILES string of the molecule is C=CC1=C(C=C)CN(C(=O)OCC2CCNC(=O)C2)CC1.Fc1ccccc1. The van der Waals surface area contributed by atoms with Gasteiger partial charge in [0.05, 0.1) is 6.61 Å². The maximum absolute atomic E-state index is 12.1. The zero-order valence-corrected chi connectivity index (χ0v) is 16.0. The van der Waals surface area contributed by atoms with Crippen molar-refractivity contribution in [2.45, 2.75) is 19.3 Å². The number of amides is 2. The number of piperidine rings is 1. The molecule has 0 spiro atoms. The van der Waals surface area contributed by atoms with Gasteiger partial charge < -0.3 is 15.0 Å². The van der Waals surface area contributed by atoms with Gasteiger partial charge in [-0.2, -0.15) is 0 Å². The van der Waals surface area contributed by atoms with Crippen molar-refractivity contribution in [3.63, 3.8) is 0 Å². The molecule has 2 aliphatic heterocycles. The maximum Gasteiger partial charge on any atom is 0.410 e. The summed E-state index contributed by atoms with van der Waals surface area (Å²) in [6.07, 6.45) is 5.33. The molecule has 1 atom stereocenters. The summed E-state index contributed by atoms with van der Waals surface area (Å²) in [6, 6.07) is 7.94. The van der Waals surface area contributed by atoms with E-state index in [0.29, 0.717) is 32.7 Å². The number of nitrogens with one attached hydrogen (secondary N) is 1. The standard InChI is InChI=1S/C16H22N2O3.C6H5F/c1-3-13-6-8-18(10-14(13)4-2)16(20)21-11-12-5-7-17-15(19)9-12;7-6-4-2-1-3-5-6/h3-4,12H,1-2,5-11H2,(H,17,19);1-5H. The molecule has 0 aromatic heterocycles. The Labute approximate surface area is 165 Å². The van der Waals surface area contributed by atoms with Gasteiger partial charge in [-0.05, 0) is 36.1 Å². The van der Waals surface area contributed by atoms with Gasteiger partial charge in [-0.1, -0.05) is 43.5 Å². The van der Waals surface area contributed by atoms with E-state index in [4.69, 9.17) is 4.74 Å². The molecule has 5 nitrogen and oxygen atoms in total. The predicted molar refractivity (Wildman–Crippen MR) is 107 cm³/mol. The molecular weight excluding hydrogens is 359 g/mol. The molecule has 0 radical (unpaired) electrons. The molecule has 2 amide bonds. The maximum atomic E-state index is 12.1. The highest BCUT2D eigenvalue weighted by Crippen LogP contribution is 2.21. The summed E-state index contributed by atoms with van der Waals surface area (Å²) < 4.78 is 17.3. The van der Waals surface area contributed by atoms with Crippen molar-refractivity contribution in [1.82, 2.24) is 10.2 Å².